The van der Waals surface area contributed by atoms with Crippen molar-refractivity contribution in [3.63, 3.8) is 0 Å². The Morgan fingerprint density at radius 2 is 1.20 bits per heavy atom. The van der Waals surface area contributed by atoms with Gasteiger partial charge in [0, 0.05) is 19.7 Å². The highest BCUT2D eigenvalue weighted by Gasteiger charge is 2.22. The van der Waals surface area contributed by atoms with Gasteiger partial charge in [-0.3, -0.25) is 0 Å². The van der Waals surface area contributed by atoms with Gasteiger partial charge in [-0.05, 0) is 56.9 Å². The molecule has 0 unspecified atom stereocenters. The fourth-order valence-electron chi connectivity index (χ4n) is 4.17. The van der Waals surface area contributed by atoms with Crippen LogP contribution in [0, 0.1) is 11.8 Å². The molecule has 2 heteroatoms. The fraction of sp³-hybridized carbons (Fsp3) is 1.00. The molecule has 0 spiro atoms. The largest absolute Gasteiger partial charge is 0.396 e. The molecule has 0 aromatic carbocycles. The van der Waals surface area contributed by atoms with E-state index in [1.54, 1.807) is 0 Å². The van der Waals surface area contributed by atoms with Crippen molar-refractivity contribution in [2.24, 2.45) is 11.8 Å². The van der Waals surface area contributed by atoms with Crippen LogP contribution in [0.3, 0.4) is 0 Å². The molecule has 0 atom stereocenters. The molecule has 2 rings (SSSR count). The first kappa shape index (κ1) is 16.3. The molecule has 0 radical (unpaired) electrons. The third-order valence-electron chi connectivity index (χ3n) is 5.36. The minimum atomic E-state index is 0.369. The van der Waals surface area contributed by atoms with Crippen LogP contribution in [0.15, 0.2) is 0 Å². The van der Waals surface area contributed by atoms with Crippen molar-refractivity contribution in [1.29, 1.82) is 0 Å². The minimum absolute atomic E-state index is 0.369. The molecular formula is C18H35NO. The molecular weight excluding hydrogens is 246 g/mol. The maximum atomic E-state index is 8.84. The number of hydrogen-bond donors (Lipinski definition) is 1. The lowest BCUT2D eigenvalue weighted by atomic mass is 10.0. The minimum Gasteiger partial charge on any atom is -0.396 e. The number of rotatable bonds is 10. The summed E-state index contributed by atoms with van der Waals surface area (Å²) in [6.45, 7) is 4.42. The lowest BCUT2D eigenvalue weighted by molar-refractivity contribution is 0.194. The number of hydrogen-bond acceptors (Lipinski definition) is 2. The van der Waals surface area contributed by atoms with E-state index in [4.69, 9.17) is 5.11 Å². The predicted molar refractivity (Wildman–Crippen MR) is 85.9 cm³/mol. The van der Waals surface area contributed by atoms with Crippen molar-refractivity contribution in [3.05, 3.63) is 0 Å². The van der Waals surface area contributed by atoms with Crippen LogP contribution in [0.2, 0.25) is 0 Å². The fourth-order valence-corrected chi connectivity index (χ4v) is 4.17. The van der Waals surface area contributed by atoms with Crippen molar-refractivity contribution in [3.8, 4) is 0 Å². The number of nitrogens with zero attached hydrogens (tertiary/aromatic N) is 1. The molecule has 0 aromatic heterocycles. The smallest absolute Gasteiger partial charge is 0.0431 e. The van der Waals surface area contributed by atoms with Gasteiger partial charge in [-0.2, -0.15) is 0 Å². The molecule has 0 aromatic rings. The Bertz CT molecular complexity index is 214. The van der Waals surface area contributed by atoms with Crippen LogP contribution in [-0.2, 0) is 0 Å². The maximum Gasteiger partial charge on any atom is 0.0431 e. The van der Waals surface area contributed by atoms with Crippen molar-refractivity contribution in [2.45, 2.75) is 77.0 Å². The van der Waals surface area contributed by atoms with Gasteiger partial charge in [0.25, 0.3) is 0 Å². The van der Waals surface area contributed by atoms with E-state index in [-0.39, 0.29) is 0 Å². The standard InChI is InChI=1S/C18H35NO/c20-14-8-2-1-7-13-19(15-17-9-3-4-10-17)16-18-11-5-6-12-18/h17-18,20H,1-16H2. The molecule has 2 saturated carbocycles. The zero-order valence-corrected chi connectivity index (χ0v) is 13.4. The highest BCUT2D eigenvalue weighted by atomic mass is 16.2. The van der Waals surface area contributed by atoms with E-state index in [2.05, 4.69) is 4.90 Å². The monoisotopic (exact) mass is 281 g/mol. The van der Waals surface area contributed by atoms with Crippen molar-refractivity contribution >= 4 is 0 Å². The molecule has 0 aliphatic heterocycles. The highest BCUT2D eigenvalue weighted by molar-refractivity contribution is 4.76. The quantitative estimate of drug-likeness (QED) is 0.606. The number of aliphatic hydroxyl groups excluding tert-OH is 1. The zero-order valence-electron chi connectivity index (χ0n) is 13.4. The molecule has 2 aliphatic rings. The van der Waals surface area contributed by atoms with Crippen LogP contribution in [0.25, 0.3) is 0 Å². The molecule has 2 aliphatic carbocycles. The van der Waals surface area contributed by atoms with Crippen LogP contribution in [-0.4, -0.2) is 36.2 Å². The summed E-state index contributed by atoms with van der Waals surface area (Å²) in [6.07, 6.45) is 16.6. The summed E-state index contributed by atoms with van der Waals surface area (Å²) in [5.41, 5.74) is 0. The van der Waals surface area contributed by atoms with Crippen molar-refractivity contribution < 1.29 is 5.11 Å². The molecule has 0 amide bonds. The summed E-state index contributed by atoms with van der Waals surface area (Å²) in [5.74, 6) is 1.99. The summed E-state index contributed by atoms with van der Waals surface area (Å²) in [5, 5.41) is 8.84. The summed E-state index contributed by atoms with van der Waals surface area (Å²) in [7, 11) is 0. The Balaban J connectivity index is 1.67. The van der Waals surface area contributed by atoms with Gasteiger partial charge >= 0.3 is 0 Å². The van der Waals surface area contributed by atoms with Crippen LogP contribution in [0.1, 0.15) is 77.0 Å². The van der Waals surface area contributed by atoms with Crippen molar-refractivity contribution in [2.75, 3.05) is 26.2 Å². The highest BCUT2D eigenvalue weighted by Crippen LogP contribution is 2.29. The molecule has 2 fully saturated rings. The van der Waals surface area contributed by atoms with E-state index in [9.17, 15) is 0 Å². The van der Waals surface area contributed by atoms with E-state index in [0.29, 0.717) is 6.61 Å². The van der Waals surface area contributed by atoms with E-state index < -0.39 is 0 Å². The summed E-state index contributed by atoms with van der Waals surface area (Å²) in [6, 6.07) is 0. The molecule has 0 bridgehead atoms. The molecule has 2 nitrogen and oxygen atoms in total. The van der Waals surface area contributed by atoms with E-state index in [1.807, 2.05) is 0 Å². The third kappa shape index (κ3) is 6.13. The number of unbranched alkanes of at least 4 members (excludes halogenated alkanes) is 3. The first-order valence-corrected chi connectivity index (χ1v) is 9.21. The van der Waals surface area contributed by atoms with Gasteiger partial charge in [0.2, 0.25) is 0 Å². The second kappa shape index (κ2) is 9.78. The first-order chi connectivity index (χ1) is 9.88. The molecule has 20 heavy (non-hydrogen) atoms. The van der Waals surface area contributed by atoms with E-state index >= 15 is 0 Å². The molecule has 0 saturated heterocycles. The second-order valence-corrected chi connectivity index (χ2v) is 7.20. The van der Waals surface area contributed by atoms with E-state index in [1.165, 1.54) is 90.3 Å². The lowest BCUT2D eigenvalue weighted by Gasteiger charge is -2.28. The Kier molecular flexibility index (Phi) is 7.97. The topological polar surface area (TPSA) is 23.5 Å². The van der Waals surface area contributed by atoms with Gasteiger partial charge in [-0.25, -0.2) is 0 Å². The van der Waals surface area contributed by atoms with Gasteiger partial charge in [-0.1, -0.05) is 38.5 Å². The Morgan fingerprint density at radius 1 is 0.700 bits per heavy atom. The van der Waals surface area contributed by atoms with Crippen molar-refractivity contribution in [1.82, 2.24) is 4.90 Å². The molecule has 118 valence electrons. The zero-order chi connectivity index (χ0) is 14.0. The summed E-state index contributed by atoms with van der Waals surface area (Å²) >= 11 is 0. The second-order valence-electron chi connectivity index (χ2n) is 7.20. The van der Waals surface area contributed by atoms with Crippen LogP contribution >= 0.6 is 0 Å². The average Bonchev–Trinajstić information content (AvgIpc) is 3.12. The van der Waals surface area contributed by atoms with E-state index in [0.717, 1.165) is 18.3 Å². The van der Waals surface area contributed by atoms with Crippen LogP contribution < -0.4 is 0 Å². The Hall–Kier alpha value is -0.0800. The maximum absolute atomic E-state index is 8.84. The summed E-state index contributed by atoms with van der Waals surface area (Å²) in [4.78, 5) is 2.80. The number of aliphatic hydroxyl groups is 1. The third-order valence-corrected chi connectivity index (χ3v) is 5.36. The van der Waals surface area contributed by atoms with Crippen LogP contribution in [0.5, 0.6) is 0 Å². The Morgan fingerprint density at radius 3 is 1.70 bits per heavy atom. The van der Waals surface area contributed by atoms with Crippen LogP contribution in [0.4, 0.5) is 0 Å². The summed E-state index contributed by atoms with van der Waals surface area (Å²) < 4.78 is 0. The van der Waals surface area contributed by atoms with Gasteiger partial charge in [0.15, 0.2) is 0 Å². The lowest BCUT2D eigenvalue weighted by Crippen LogP contribution is -2.33. The molecule has 0 heterocycles. The SMILES string of the molecule is OCCCCCCN(CC1CCCC1)CC1CCCC1. The average molecular weight is 281 g/mol. The first-order valence-electron chi connectivity index (χ1n) is 9.21. The predicted octanol–water partition coefficient (Wildman–Crippen LogP) is 4.22. The normalized spacial score (nSPS) is 21.3. The van der Waals surface area contributed by atoms with Gasteiger partial charge in [0.05, 0.1) is 0 Å². The van der Waals surface area contributed by atoms with Gasteiger partial charge < -0.3 is 10.0 Å². The molecule has 1 N–H and O–H groups in total. The Labute approximate surface area is 125 Å². The van der Waals surface area contributed by atoms with Gasteiger partial charge in [0.1, 0.15) is 0 Å². The van der Waals surface area contributed by atoms with Gasteiger partial charge in [-0.15, -0.1) is 0 Å².